The van der Waals surface area contributed by atoms with Gasteiger partial charge in [-0.2, -0.15) is 0 Å². The number of hydrogen-bond donors (Lipinski definition) is 1. The number of aliphatic hydroxyl groups excluding tert-OH is 1. The number of hydrogen-bond acceptors (Lipinski definition) is 3. The van der Waals surface area contributed by atoms with Crippen molar-refractivity contribution in [3.63, 3.8) is 0 Å². The van der Waals surface area contributed by atoms with Crippen LogP contribution in [0.2, 0.25) is 0 Å². The Morgan fingerprint density at radius 3 is 2.12 bits per heavy atom. The number of ether oxygens (including phenoxy) is 2. The quantitative estimate of drug-likeness (QED) is 0.856. The first-order chi connectivity index (χ1) is 8.00. The van der Waals surface area contributed by atoms with Crippen LogP contribution in [-0.4, -0.2) is 25.9 Å². The van der Waals surface area contributed by atoms with Gasteiger partial charge < -0.3 is 14.6 Å². The molecule has 96 valence electrons. The first-order valence-corrected chi connectivity index (χ1v) is 5.86. The first kappa shape index (κ1) is 13.8. The van der Waals surface area contributed by atoms with Gasteiger partial charge in [-0.25, -0.2) is 0 Å². The van der Waals surface area contributed by atoms with E-state index in [9.17, 15) is 5.11 Å². The summed E-state index contributed by atoms with van der Waals surface area (Å²) in [5.41, 5.74) is 1.74. The zero-order chi connectivity index (χ0) is 13.1. The number of methoxy groups -OCH3 is 2. The van der Waals surface area contributed by atoms with E-state index in [1.54, 1.807) is 14.2 Å². The second-order valence-corrected chi connectivity index (χ2v) is 4.76. The van der Waals surface area contributed by atoms with Gasteiger partial charge in [0.25, 0.3) is 0 Å². The highest BCUT2D eigenvalue weighted by Gasteiger charge is 2.25. The van der Waals surface area contributed by atoms with Gasteiger partial charge in [0.15, 0.2) is 0 Å². The summed E-state index contributed by atoms with van der Waals surface area (Å²) in [5, 5.41) is 9.46. The summed E-state index contributed by atoms with van der Waals surface area (Å²) in [6.07, 6.45) is 0.888. The van der Waals surface area contributed by atoms with Crippen LogP contribution in [0, 0.1) is 0 Å². The van der Waals surface area contributed by atoms with E-state index >= 15 is 0 Å². The average Bonchev–Trinajstić information content (AvgIpc) is 2.36. The monoisotopic (exact) mass is 238 g/mol. The molecular weight excluding hydrogens is 216 g/mol. The molecular formula is C14H22O3. The molecule has 0 fully saturated rings. The fraction of sp³-hybridized carbons (Fsp3) is 0.571. The molecule has 3 heteroatoms. The van der Waals surface area contributed by atoms with Gasteiger partial charge in [0.1, 0.15) is 11.5 Å². The number of aryl methyl sites for hydroxylation is 1. The minimum absolute atomic E-state index is 0.0674. The van der Waals surface area contributed by atoms with E-state index in [4.69, 9.17) is 9.47 Å². The summed E-state index contributed by atoms with van der Waals surface area (Å²) in [6, 6.07) is 3.96. The number of rotatable bonds is 5. The number of benzene rings is 1. The van der Waals surface area contributed by atoms with Crippen LogP contribution in [0.15, 0.2) is 12.1 Å². The van der Waals surface area contributed by atoms with Crippen molar-refractivity contribution in [2.45, 2.75) is 32.6 Å². The maximum Gasteiger partial charge on any atom is 0.123 e. The van der Waals surface area contributed by atoms with Crippen LogP contribution in [0.3, 0.4) is 0 Å². The molecule has 17 heavy (non-hydrogen) atoms. The molecule has 0 saturated carbocycles. The fourth-order valence-electron chi connectivity index (χ4n) is 1.85. The summed E-state index contributed by atoms with van der Waals surface area (Å²) in [6.45, 7) is 6.11. The Morgan fingerprint density at radius 1 is 1.12 bits per heavy atom. The summed E-state index contributed by atoms with van der Waals surface area (Å²) >= 11 is 0. The Kier molecular flexibility index (Phi) is 4.40. The highest BCUT2D eigenvalue weighted by Crippen LogP contribution is 2.36. The van der Waals surface area contributed by atoms with Gasteiger partial charge in [0.2, 0.25) is 0 Å². The highest BCUT2D eigenvalue weighted by atomic mass is 16.5. The Hall–Kier alpha value is -1.22. The molecule has 0 unspecified atom stereocenters. The normalized spacial score (nSPS) is 11.4. The summed E-state index contributed by atoms with van der Waals surface area (Å²) in [7, 11) is 3.31. The van der Waals surface area contributed by atoms with Crippen LogP contribution < -0.4 is 9.47 Å². The van der Waals surface area contributed by atoms with E-state index < -0.39 is 0 Å². The van der Waals surface area contributed by atoms with E-state index in [1.807, 2.05) is 26.0 Å². The molecule has 1 rings (SSSR count). The fourth-order valence-corrected chi connectivity index (χ4v) is 1.85. The van der Waals surface area contributed by atoms with E-state index in [-0.39, 0.29) is 12.0 Å². The molecule has 1 aromatic carbocycles. The zero-order valence-corrected chi connectivity index (χ0v) is 11.3. The molecule has 0 heterocycles. The topological polar surface area (TPSA) is 38.7 Å². The SMILES string of the molecule is CCc1cc(OC)c(C(C)(C)CO)cc1OC. The lowest BCUT2D eigenvalue weighted by atomic mass is 9.84. The molecule has 0 aliphatic rings. The summed E-state index contributed by atoms with van der Waals surface area (Å²) in [5.74, 6) is 1.66. The van der Waals surface area contributed by atoms with Crippen molar-refractivity contribution in [3.05, 3.63) is 23.3 Å². The van der Waals surface area contributed by atoms with E-state index in [0.29, 0.717) is 0 Å². The molecule has 1 aromatic rings. The van der Waals surface area contributed by atoms with Crippen molar-refractivity contribution in [2.24, 2.45) is 0 Å². The van der Waals surface area contributed by atoms with Crippen LogP contribution in [0.5, 0.6) is 11.5 Å². The van der Waals surface area contributed by atoms with Crippen LogP contribution in [-0.2, 0) is 11.8 Å². The predicted molar refractivity (Wildman–Crippen MR) is 69.0 cm³/mol. The van der Waals surface area contributed by atoms with Crippen molar-refractivity contribution in [1.82, 2.24) is 0 Å². The van der Waals surface area contributed by atoms with E-state index in [1.165, 1.54) is 0 Å². The van der Waals surface area contributed by atoms with Gasteiger partial charge >= 0.3 is 0 Å². The minimum atomic E-state index is -0.342. The zero-order valence-electron chi connectivity index (χ0n) is 11.3. The van der Waals surface area contributed by atoms with E-state index in [2.05, 4.69) is 6.92 Å². The molecule has 0 amide bonds. The molecule has 0 atom stereocenters. The molecule has 0 radical (unpaired) electrons. The molecule has 0 aromatic heterocycles. The predicted octanol–water partition coefficient (Wildman–Crippen LogP) is 2.54. The maximum absolute atomic E-state index is 9.46. The summed E-state index contributed by atoms with van der Waals surface area (Å²) < 4.78 is 10.8. The molecule has 3 nitrogen and oxygen atoms in total. The Bertz CT molecular complexity index is 383. The average molecular weight is 238 g/mol. The van der Waals surface area contributed by atoms with Crippen LogP contribution >= 0.6 is 0 Å². The van der Waals surface area contributed by atoms with Crippen LogP contribution in [0.25, 0.3) is 0 Å². The minimum Gasteiger partial charge on any atom is -0.496 e. The van der Waals surface area contributed by atoms with Gasteiger partial charge in [-0.05, 0) is 24.1 Å². The third-order valence-corrected chi connectivity index (χ3v) is 3.11. The van der Waals surface area contributed by atoms with Crippen molar-refractivity contribution in [3.8, 4) is 11.5 Å². The second kappa shape index (κ2) is 5.41. The van der Waals surface area contributed by atoms with Crippen molar-refractivity contribution >= 4 is 0 Å². The highest BCUT2D eigenvalue weighted by molar-refractivity contribution is 5.49. The lowest BCUT2D eigenvalue weighted by Crippen LogP contribution is -2.23. The lowest BCUT2D eigenvalue weighted by Gasteiger charge is -2.26. The van der Waals surface area contributed by atoms with Gasteiger partial charge in [0, 0.05) is 11.0 Å². The van der Waals surface area contributed by atoms with Crippen molar-refractivity contribution in [1.29, 1.82) is 0 Å². The third-order valence-electron chi connectivity index (χ3n) is 3.11. The van der Waals surface area contributed by atoms with Crippen LogP contribution in [0.4, 0.5) is 0 Å². The lowest BCUT2D eigenvalue weighted by molar-refractivity contribution is 0.214. The van der Waals surface area contributed by atoms with Gasteiger partial charge in [-0.1, -0.05) is 20.8 Å². The Balaban J connectivity index is 3.38. The summed E-state index contributed by atoms with van der Waals surface area (Å²) in [4.78, 5) is 0. The Labute approximate surface area is 103 Å². The van der Waals surface area contributed by atoms with Crippen LogP contribution in [0.1, 0.15) is 31.9 Å². The molecule has 0 spiro atoms. The van der Waals surface area contributed by atoms with Crippen molar-refractivity contribution in [2.75, 3.05) is 20.8 Å². The molecule has 0 saturated heterocycles. The smallest absolute Gasteiger partial charge is 0.123 e. The van der Waals surface area contributed by atoms with E-state index in [0.717, 1.165) is 29.0 Å². The van der Waals surface area contributed by atoms with Gasteiger partial charge in [0.05, 0.1) is 20.8 Å². The first-order valence-electron chi connectivity index (χ1n) is 5.86. The largest absolute Gasteiger partial charge is 0.496 e. The van der Waals surface area contributed by atoms with Gasteiger partial charge in [-0.3, -0.25) is 0 Å². The molecule has 1 N–H and O–H groups in total. The van der Waals surface area contributed by atoms with Gasteiger partial charge in [-0.15, -0.1) is 0 Å². The molecule has 0 bridgehead atoms. The third kappa shape index (κ3) is 2.72. The second-order valence-electron chi connectivity index (χ2n) is 4.76. The molecule has 0 aliphatic heterocycles. The van der Waals surface area contributed by atoms with Crippen molar-refractivity contribution < 1.29 is 14.6 Å². The maximum atomic E-state index is 9.46. The Morgan fingerprint density at radius 2 is 1.71 bits per heavy atom. The number of aliphatic hydroxyl groups is 1. The standard InChI is InChI=1S/C14H22O3/c1-6-10-7-13(17-5)11(8-12(10)16-4)14(2,3)9-15/h7-8,15H,6,9H2,1-5H3. The molecule has 0 aliphatic carbocycles.